The fourth-order valence-electron chi connectivity index (χ4n) is 1.22. The zero-order chi connectivity index (χ0) is 14.6. The number of hydrogen-bond donors (Lipinski definition) is 0. The van der Waals surface area contributed by atoms with E-state index in [0.717, 1.165) is 17.8 Å². The summed E-state index contributed by atoms with van der Waals surface area (Å²) in [6, 6.07) is 0.970. The summed E-state index contributed by atoms with van der Waals surface area (Å²) >= 11 is 3.84. The predicted octanol–water partition coefficient (Wildman–Crippen LogP) is 3.76. The molecule has 0 bridgehead atoms. The van der Waals surface area contributed by atoms with Gasteiger partial charge < -0.3 is 4.74 Å². The van der Waals surface area contributed by atoms with Crippen LogP contribution in [0.4, 0.5) is 13.2 Å². The number of hydrogen-bond acceptors (Lipinski definition) is 4. The summed E-state index contributed by atoms with van der Waals surface area (Å²) in [5, 5.41) is -0.147. The normalized spacial score (nSPS) is 13.2. The van der Waals surface area contributed by atoms with Crippen molar-refractivity contribution in [1.29, 1.82) is 0 Å². The minimum Gasteiger partial charge on any atom is -0.469 e. The summed E-state index contributed by atoms with van der Waals surface area (Å²) in [4.78, 5) is 14.9. The number of halogens is 4. The molecule has 19 heavy (non-hydrogen) atoms. The Kier molecular flexibility index (Phi) is 5.66. The zero-order valence-corrected chi connectivity index (χ0v) is 12.5. The molecule has 1 rings (SSSR count). The lowest BCUT2D eigenvalue weighted by Crippen LogP contribution is -2.15. The number of thioether (sulfide) groups is 1. The molecule has 106 valence electrons. The number of pyridine rings is 1. The van der Waals surface area contributed by atoms with Crippen molar-refractivity contribution in [3.05, 3.63) is 22.3 Å². The third-order valence-corrected chi connectivity index (χ3v) is 3.90. The number of carbonyl (C=O) groups is 1. The van der Waals surface area contributed by atoms with E-state index in [-0.39, 0.29) is 15.3 Å². The van der Waals surface area contributed by atoms with Crippen molar-refractivity contribution in [3.8, 4) is 0 Å². The summed E-state index contributed by atoms with van der Waals surface area (Å²) in [6.45, 7) is 1.59. The van der Waals surface area contributed by atoms with Crippen LogP contribution in [0.15, 0.2) is 21.8 Å². The number of ether oxygens (including phenoxy) is 1. The molecule has 0 aliphatic heterocycles. The summed E-state index contributed by atoms with van der Waals surface area (Å²) in [5.74, 6) is -0.788. The van der Waals surface area contributed by atoms with E-state index in [1.165, 1.54) is 13.3 Å². The standard InChI is InChI=1S/C11H11BrF3NO2S/c1-6(10(17)18-2)5-19-9-8(11(13,14)15)3-7(12)4-16-9/h3-4,6H,5H2,1-2H3. The first kappa shape index (κ1) is 16.3. The van der Waals surface area contributed by atoms with Crippen LogP contribution in [0.25, 0.3) is 0 Å². The highest BCUT2D eigenvalue weighted by Gasteiger charge is 2.34. The van der Waals surface area contributed by atoms with E-state index < -0.39 is 23.6 Å². The summed E-state index contributed by atoms with van der Waals surface area (Å²) in [5.41, 5.74) is -0.816. The van der Waals surface area contributed by atoms with Crippen molar-refractivity contribution in [2.75, 3.05) is 12.9 Å². The predicted molar refractivity (Wildman–Crippen MR) is 68.8 cm³/mol. The second-order valence-electron chi connectivity index (χ2n) is 3.74. The molecular formula is C11H11BrF3NO2S. The van der Waals surface area contributed by atoms with E-state index in [4.69, 9.17) is 0 Å². The summed E-state index contributed by atoms with van der Waals surface area (Å²) < 4.78 is 43.2. The third kappa shape index (κ3) is 4.68. The van der Waals surface area contributed by atoms with Gasteiger partial charge in [-0.05, 0) is 22.0 Å². The molecule has 0 aromatic carbocycles. The average molecular weight is 358 g/mol. The molecule has 0 saturated carbocycles. The Balaban J connectivity index is 2.87. The Labute approximate surface area is 121 Å². The van der Waals surface area contributed by atoms with Gasteiger partial charge in [-0.3, -0.25) is 4.79 Å². The average Bonchev–Trinajstić information content (AvgIpc) is 2.34. The topological polar surface area (TPSA) is 39.2 Å². The Morgan fingerprint density at radius 3 is 2.74 bits per heavy atom. The molecule has 0 fully saturated rings. The summed E-state index contributed by atoms with van der Waals surface area (Å²) in [7, 11) is 1.24. The van der Waals surface area contributed by atoms with Crippen molar-refractivity contribution < 1.29 is 22.7 Å². The van der Waals surface area contributed by atoms with Crippen LogP contribution in [-0.4, -0.2) is 23.8 Å². The van der Waals surface area contributed by atoms with Gasteiger partial charge in [-0.2, -0.15) is 13.2 Å². The monoisotopic (exact) mass is 357 g/mol. The van der Waals surface area contributed by atoms with Crippen molar-refractivity contribution >= 4 is 33.7 Å². The Hall–Kier alpha value is -0.760. The van der Waals surface area contributed by atoms with Gasteiger partial charge in [-0.1, -0.05) is 6.92 Å². The van der Waals surface area contributed by atoms with Crippen molar-refractivity contribution in [2.45, 2.75) is 18.1 Å². The van der Waals surface area contributed by atoms with Crippen molar-refractivity contribution in [3.63, 3.8) is 0 Å². The molecule has 0 spiro atoms. The van der Waals surface area contributed by atoms with E-state index in [1.54, 1.807) is 6.92 Å². The lowest BCUT2D eigenvalue weighted by molar-refractivity contribution is -0.144. The molecule has 1 aromatic heterocycles. The van der Waals surface area contributed by atoms with Gasteiger partial charge in [0.2, 0.25) is 0 Å². The minimum absolute atomic E-state index is 0.147. The van der Waals surface area contributed by atoms with Gasteiger partial charge in [0.1, 0.15) is 5.03 Å². The number of rotatable bonds is 4. The van der Waals surface area contributed by atoms with Crippen LogP contribution in [0.1, 0.15) is 12.5 Å². The molecule has 1 aromatic rings. The van der Waals surface area contributed by atoms with Gasteiger partial charge in [-0.25, -0.2) is 4.98 Å². The molecule has 0 radical (unpaired) electrons. The van der Waals surface area contributed by atoms with Crippen LogP contribution >= 0.6 is 27.7 Å². The molecule has 1 heterocycles. The number of nitrogens with zero attached hydrogens (tertiary/aromatic N) is 1. The first-order chi connectivity index (χ1) is 8.75. The minimum atomic E-state index is -4.48. The van der Waals surface area contributed by atoms with Gasteiger partial charge in [0.15, 0.2) is 0 Å². The van der Waals surface area contributed by atoms with Crippen LogP contribution in [0.3, 0.4) is 0 Å². The Bertz CT molecular complexity index is 468. The lowest BCUT2D eigenvalue weighted by atomic mass is 10.2. The second-order valence-corrected chi connectivity index (χ2v) is 5.66. The Morgan fingerprint density at radius 1 is 1.58 bits per heavy atom. The first-order valence-corrected chi connectivity index (χ1v) is 6.97. The summed E-state index contributed by atoms with van der Waals surface area (Å²) in [6.07, 6.45) is -3.19. The fraction of sp³-hybridized carbons (Fsp3) is 0.455. The molecule has 1 atom stereocenters. The maximum Gasteiger partial charge on any atom is 0.419 e. The highest BCUT2D eigenvalue weighted by molar-refractivity contribution is 9.10. The highest BCUT2D eigenvalue weighted by Crippen LogP contribution is 2.37. The van der Waals surface area contributed by atoms with Gasteiger partial charge in [0.05, 0.1) is 18.6 Å². The molecule has 1 unspecified atom stereocenters. The Morgan fingerprint density at radius 2 is 2.21 bits per heavy atom. The molecule has 0 N–H and O–H groups in total. The number of methoxy groups -OCH3 is 1. The van der Waals surface area contributed by atoms with E-state index in [1.807, 2.05) is 0 Å². The van der Waals surface area contributed by atoms with Gasteiger partial charge >= 0.3 is 12.1 Å². The number of alkyl halides is 3. The SMILES string of the molecule is COC(=O)C(C)CSc1ncc(Br)cc1C(F)(F)F. The van der Waals surface area contributed by atoms with E-state index >= 15 is 0 Å². The number of aromatic nitrogens is 1. The van der Waals surface area contributed by atoms with Crippen molar-refractivity contribution in [1.82, 2.24) is 4.98 Å². The van der Waals surface area contributed by atoms with E-state index in [9.17, 15) is 18.0 Å². The van der Waals surface area contributed by atoms with Crippen LogP contribution in [0, 0.1) is 5.92 Å². The number of esters is 1. The quantitative estimate of drug-likeness (QED) is 0.607. The molecule has 3 nitrogen and oxygen atoms in total. The van der Waals surface area contributed by atoms with Gasteiger partial charge in [0.25, 0.3) is 0 Å². The molecule has 8 heteroatoms. The first-order valence-electron chi connectivity index (χ1n) is 5.19. The fourth-order valence-corrected chi connectivity index (χ4v) is 2.55. The smallest absolute Gasteiger partial charge is 0.419 e. The molecule has 0 amide bonds. The van der Waals surface area contributed by atoms with Gasteiger partial charge in [0, 0.05) is 16.4 Å². The van der Waals surface area contributed by atoms with Crippen LogP contribution in [0.2, 0.25) is 0 Å². The maximum absolute atomic E-state index is 12.8. The van der Waals surface area contributed by atoms with Crippen molar-refractivity contribution in [2.24, 2.45) is 5.92 Å². The molecule has 0 aliphatic carbocycles. The van der Waals surface area contributed by atoms with Crippen LogP contribution in [-0.2, 0) is 15.7 Å². The third-order valence-electron chi connectivity index (χ3n) is 2.20. The van der Waals surface area contributed by atoms with Crippen LogP contribution < -0.4 is 0 Å². The lowest BCUT2D eigenvalue weighted by Gasteiger charge is -2.13. The largest absolute Gasteiger partial charge is 0.469 e. The van der Waals surface area contributed by atoms with Crippen LogP contribution in [0.5, 0.6) is 0 Å². The zero-order valence-electron chi connectivity index (χ0n) is 10.1. The van der Waals surface area contributed by atoms with E-state index in [2.05, 4.69) is 25.7 Å². The second kappa shape index (κ2) is 6.60. The number of carbonyl (C=O) groups excluding carboxylic acids is 1. The maximum atomic E-state index is 12.8. The highest BCUT2D eigenvalue weighted by atomic mass is 79.9. The molecule has 0 saturated heterocycles. The molecular weight excluding hydrogens is 347 g/mol. The van der Waals surface area contributed by atoms with Gasteiger partial charge in [-0.15, -0.1) is 11.8 Å². The van der Waals surface area contributed by atoms with E-state index in [0.29, 0.717) is 0 Å². The molecule has 0 aliphatic rings.